The van der Waals surface area contributed by atoms with Crippen molar-refractivity contribution in [2.24, 2.45) is 0 Å². The van der Waals surface area contributed by atoms with Crippen molar-refractivity contribution in [1.82, 2.24) is 24.5 Å². The van der Waals surface area contributed by atoms with E-state index in [1.807, 2.05) is 69.3 Å². The van der Waals surface area contributed by atoms with Gasteiger partial charge in [-0.1, -0.05) is 133 Å². The normalized spacial score (nSPS) is 18.2. The van der Waals surface area contributed by atoms with E-state index in [-0.39, 0.29) is 17.7 Å². The monoisotopic (exact) mass is 896 g/mol. The molecule has 3 amide bonds. The number of fused-ring (bicyclic) bond motifs is 15. The lowest BCUT2D eigenvalue weighted by molar-refractivity contribution is -0.132. The minimum Gasteiger partial charge on any atom is -0.492 e. The van der Waals surface area contributed by atoms with Crippen LogP contribution in [0.2, 0.25) is 0 Å². The lowest BCUT2D eigenvalue weighted by atomic mass is 10.1. The molecule has 11 heteroatoms. The number of carbonyl (C=O) groups is 3. The second kappa shape index (κ2) is 29.8. The van der Waals surface area contributed by atoms with Crippen LogP contribution in [0.5, 0.6) is 17.2 Å². The molecule has 0 fully saturated rings. The van der Waals surface area contributed by atoms with Gasteiger partial charge in [0.05, 0.1) is 0 Å². The van der Waals surface area contributed by atoms with Crippen LogP contribution in [-0.2, 0) is 34.0 Å². The maximum atomic E-state index is 14.2. The number of para-hydroxylation sites is 3. The number of rotatable bonds is 15. The van der Waals surface area contributed by atoms with Gasteiger partial charge in [-0.2, -0.15) is 0 Å². The van der Waals surface area contributed by atoms with Crippen LogP contribution in [0.3, 0.4) is 0 Å². The number of carbonyl (C=O) groups excluding carboxylic acids is 3. The van der Waals surface area contributed by atoms with Gasteiger partial charge < -0.3 is 28.9 Å². The lowest BCUT2D eigenvalue weighted by Crippen LogP contribution is -2.45. The summed E-state index contributed by atoms with van der Waals surface area (Å²) in [5.41, 5.74) is 2.95. The van der Waals surface area contributed by atoms with Crippen molar-refractivity contribution in [2.45, 2.75) is 137 Å². The van der Waals surface area contributed by atoms with Crippen molar-refractivity contribution in [1.29, 1.82) is 0 Å². The van der Waals surface area contributed by atoms with Gasteiger partial charge in [-0.3, -0.25) is 24.2 Å². The van der Waals surface area contributed by atoms with Gasteiger partial charge in [0.15, 0.2) is 0 Å². The largest absolute Gasteiger partial charge is 0.492 e. The Labute approximate surface area is 391 Å². The number of hydrogen-bond donors (Lipinski definition) is 0. The summed E-state index contributed by atoms with van der Waals surface area (Å²) < 4.78 is 19.7. The first kappa shape index (κ1) is 51.4. The van der Waals surface area contributed by atoms with Gasteiger partial charge in [-0.15, -0.1) is 0 Å². The number of amides is 3. The highest BCUT2D eigenvalue weighted by Gasteiger charge is 2.24. The van der Waals surface area contributed by atoms with Crippen LogP contribution < -0.4 is 14.2 Å². The molecule has 0 unspecified atom stereocenters. The third-order valence-electron chi connectivity index (χ3n) is 12.8. The Balaban J connectivity index is 1.55. The third kappa shape index (κ3) is 18.3. The first-order valence-corrected chi connectivity index (χ1v) is 25.3. The molecule has 11 nitrogen and oxygen atoms in total. The Kier molecular flexibility index (Phi) is 23.6. The smallest absolute Gasteiger partial charge is 0.222 e. The van der Waals surface area contributed by atoms with Crippen LogP contribution in [0.1, 0.15) is 134 Å². The Bertz CT molecular complexity index is 1630. The number of unbranched alkanes of at least 4 members (excludes halogenated alkanes) is 9. The molecule has 0 aromatic heterocycles. The van der Waals surface area contributed by atoms with E-state index >= 15 is 0 Å². The molecule has 3 aromatic rings. The summed E-state index contributed by atoms with van der Waals surface area (Å²) >= 11 is 0. The predicted molar refractivity (Wildman–Crippen MR) is 261 cm³/mol. The standard InChI is InChI=1S/C54H81N5O6/c1-4-7-10-13-28-52(60)57-34-31-55-32-35-58(53(61)29-14-11-8-5-2)44-47-23-17-20-26-50(47)64-41-38-56(37-40-63-49-25-19-16-22-46(49)43-57)39-42-65-51-27-21-18-24-48(51)45-59(36-33-55)54(62)30-15-12-9-6-3/h16-27H,4-15,28-45H2,1-3H3. The fourth-order valence-corrected chi connectivity index (χ4v) is 8.71. The Morgan fingerprint density at radius 1 is 0.385 bits per heavy atom. The van der Waals surface area contributed by atoms with Crippen molar-refractivity contribution < 1.29 is 28.6 Å². The van der Waals surface area contributed by atoms with E-state index < -0.39 is 0 Å². The molecule has 6 rings (SSSR count). The molecular formula is C54H81N5O6. The summed E-state index contributed by atoms with van der Waals surface area (Å²) in [6, 6.07) is 24.3. The Morgan fingerprint density at radius 2 is 0.677 bits per heavy atom. The second-order valence-electron chi connectivity index (χ2n) is 17.9. The van der Waals surface area contributed by atoms with Crippen molar-refractivity contribution in [2.75, 3.05) is 78.7 Å². The molecule has 3 aromatic carbocycles. The molecule has 3 aliphatic rings. The van der Waals surface area contributed by atoms with Gasteiger partial charge in [-0.05, 0) is 37.5 Å². The summed E-state index contributed by atoms with van der Waals surface area (Å²) in [6.07, 6.45) is 13.9. The molecule has 0 radical (unpaired) electrons. The first-order valence-electron chi connectivity index (χ1n) is 25.3. The van der Waals surface area contributed by atoms with E-state index in [1.54, 1.807) is 0 Å². The Morgan fingerprint density at radius 3 is 0.985 bits per heavy atom. The van der Waals surface area contributed by atoms with E-state index in [2.05, 4.69) is 48.8 Å². The molecule has 0 spiro atoms. The second-order valence-corrected chi connectivity index (χ2v) is 17.9. The van der Waals surface area contributed by atoms with E-state index in [0.717, 1.165) is 111 Å². The van der Waals surface area contributed by atoms with E-state index in [1.165, 1.54) is 0 Å². The summed E-state index contributed by atoms with van der Waals surface area (Å²) in [5.74, 6) is 2.79. The molecule has 0 aliphatic carbocycles. The quantitative estimate of drug-likeness (QED) is 0.139. The third-order valence-corrected chi connectivity index (χ3v) is 12.8. The Hall–Kier alpha value is -4.61. The van der Waals surface area contributed by atoms with Crippen LogP contribution in [0.15, 0.2) is 72.8 Å². The topological polar surface area (TPSA) is 95.1 Å². The van der Waals surface area contributed by atoms with E-state index in [9.17, 15) is 14.4 Å². The fraction of sp³-hybridized carbons (Fsp3) is 0.611. The molecule has 0 atom stereocenters. The molecule has 2 bridgehead atoms. The number of benzene rings is 3. The zero-order chi connectivity index (χ0) is 45.9. The highest BCUT2D eigenvalue weighted by molar-refractivity contribution is 5.77. The SMILES string of the molecule is CCCCCCC(=O)N1CCN2CCN(C(=O)CCCCCC)Cc3ccccc3OCCN(CCOc3ccccc3C1)CCOc1ccccc1CN(C(=O)CCCCCC)CC2. The van der Waals surface area contributed by atoms with Crippen molar-refractivity contribution in [3.63, 3.8) is 0 Å². The summed E-state index contributed by atoms with van der Waals surface area (Å²) in [4.78, 5) is 53.4. The molecule has 3 aliphatic heterocycles. The van der Waals surface area contributed by atoms with Gasteiger partial charge in [0.1, 0.15) is 37.1 Å². The highest BCUT2D eigenvalue weighted by atomic mass is 16.5. The molecule has 0 N–H and O–H groups in total. The van der Waals surface area contributed by atoms with Crippen LogP contribution in [0.4, 0.5) is 0 Å². The van der Waals surface area contributed by atoms with E-state index in [0.29, 0.717) is 118 Å². The highest BCUT2D eigenvalue weighted by Crippen LogP contribution is 2.25. The maximum Gasteiger partial charge on any atom is 0.222 e. The predicted octanol–water partition coefficient (Wildman–Crippen LogP) is 9.75. The zero-order valence-corrected chi connectivity index (χ0v) is 40.3. The minimum atomic E-state index is 0.146. The van der Waals surface area contributed by atoms with Gasteiger partial charge >= 0.3 is 0 Å². The minimum absolute atomic E-state index is 0.146. The van der Waals surface area contributed by atoms with Gasteiger partial charge in [0.2, 0.25) is 17.7 Å². The lowest BCUT2D eigenvalue weighted by Gasteiger charge is -2.33. The summed E-state index contributed by atoms with van der Waals surface area (Å²) in [6.45, 7) is 14.5. The maximum absolute atomic E-state index is 14.2. The average molecular weight is 896 g/mol. The van der Waals surface area contributed by atoms with Crippen LogP contribution in [0.25, 0.3) is 0 Å². The van der Waals surface area contributed by atoms with Crippen molar-refractivity contribution in [3.8, 4) is 17.2 Å². The molecule has 358 valence electrons. The van der Waals surface area contributed by atoms with Gasteiger partial charge in [-0.25, -0.2) is 0 Å². The number of hydrogen-bond acceptors (Lipinski definition) is 8. The van der Waals surface area contributed by atoms with Crippen LogP contribution in [-0.4, -0.2) is 121 Å². The molecule has 0 saturated heterocycles. The van der Waals surface area contributed by atoms with Crippen LogP contribution >= 0.6 is 0 Å². The molecule has 3 heterocycles. The summed E-state index contributed by atoms with van der Waals surface area (Å²) in [7, 11) is 0. The first-order chi connectivity index (χ1) is 31.9. The molecular weight excluding hydrogens is 815 g/mol. The molecule has 0 saturated carbocycles. The van der Waals surface area contributed by atoms with Crippen molar-refractivity contribution >= 4 is 17.7 Å². The number of nitrogens with zero attached hydrogens (tertiary/aromatic N) is 5. The zero-order valence-electron chi connectivity index (χ0n) is 40.3. The van der Waals surface area contributed by atoms with Crippen LogP contribution in [0, 0.1) is 0 Å². The summed E-state index contributed by atoms with van der Waals surface area (Å²) in [5, 5.41) is 0. The average Bonchev–Trinajstić information content (AvgIpc) is 3.31. The number of ether oxygens (including phenoxy) is 3. The molecule has 65 heavy (non-hydrogen) atoms. The van der Waals surface area contributed by atoms with E-state index in [4.69, 9.17) is 14.2 Å². The van der Waals surface area contributed by atoms with Crippen molar-refractivity contribution in [3.05, 3.63) is 89.5 Å². The van der Waals surface area contributed by atoms with Gasteiger partial charge in [0, 0.05) is 114 Å². The van der Waals surface area contributed by atoms with Gasteiger partial charge in [0.25, 0.3) is 0 Å². The fourth-order valence-electron chi connectivity index (χ4n) is 8.71.